The van der Waals surface area contributed by atoms with Gasteiger partial charge >= 0.3 is 0 Å². The van der Waals surface area contributed by atoms with Gasteiger partial charge in [-0.05, 0) is 124 Å². The van der Waals surface area contributed by atoms with Crippen LogP contribution in [0.25, 0.3) is 110 Å². The molecule has 1 aliphatic rings. The first kappa shape index (κ1) is 31.2. The zero-order chi connectivity index (χ0) is 36.7. The topological polar surface area (TPSA) is 13.1 Å². The summed E-state index contributed by atoms with van der Waals surface area (Å²) in [4.78, 5) is 0. The molecular formula is C55H34O. The molecular weight excluding hydrogens is 677 g/mol. The molecule has 0 atom stereocenters. The first-order valence-corrected chi connectivity index (χ1v) is 19.5. The van der Waals surface area contributed by atoms with Gasteiger partial charge in [-0.3, -0.25) is 0 Å². The van der Waals surface area contributed by atoms with Gasteiger partial charge in [0.25, 0.3) is 0 Å². The van der Waals surface area contributed by atoms with Crippen LogP contribution in [0.2, 0.25) is 0 Å². The Morgan fingerprint density at radius 2 is 0.893 bits per heavy atom. The highest BCUT2D eigenvalue weighted by atomic mass is 16.3. The summed E-state index contributed by atoms with van der Waals surface area (Å²) in [5, 5.41) is 9.86. The molecule has 0 saturated heterocycles. The molecule has 1 aromatic heterocycles. The van der Waals surface area contributed by atoms with Crippen LogP contribution in [0.1, 0.15) is 11.1 Å². The Bertz CT molecular complexity index is 3330. The summed E-state index contributed by atoms with van der Waals surface area (Å²) >= 11 is 0. The molecule has 56 heavy (non-hydrogen) atoms. The zero-order valence-corrected chi connectivity index (χ0v) is 30.6. The van der Waals surface area contributed by atoms with E-state index in [1.54, 1.807) is 0 Å². The highest BCUT2D eigenvalue weighted by Crippen LogP contribution is 2.49. The van der Waals surface area contributed by atoms with Crippen LogP contribution in [0, 0.1) is 0 Å². The van der Waals surface area contributed by atoms with Crippen molar-refractivity contribution in [3.63, 3.8) is 0 Å². The lowest BCUT2D eigenvalue weighted by Crippen LogP contribution is -1.93. The normalized spacial score (nSPS) is 12.2. The van der Waals surface area contributed by atoms with E-state index in [1.165, 1.54) is 93.5 Å². The average molecular weight is 711 g/mol. The van der Waals surface area contributed by atoms with E-state index in [4.69, 9.17) is 4.42 Å². The van der Waals surface area contributed by atoms with Gasteiger partial charge < -0.3 is 4.42 Å². The second-order valence-corrected chi connectivity index (χ2v) is 15.1. The van der Waals surface area contributed by atoms with E-state index >= 15 is 0 Å². The first-order chi connectivity index (χ1) is 27.8. The third-order valence-corrected chi connectivity index (χ3v) is 12.1. The SMILES string of the molecule is c1ccc(-c2c3ccccc3c(-c3cc(-c4cccc5c4-c4cc(-c6cccc7c6oc6ccccc67)ccc4C5)c4ccccc4c3)c3ccccc23)cc1. The van der Waals surface area contributed by atoms with Crippen molar-refractivity contribution in [3.05, 3.63) is 205 Å². The van der Waals surface area contributed by atoms with Crippen LogP contribution >= 0.6 is 0 Å². The highest BCUT2D eigenvalue weighted by Gasteiger charge is 2.25. The van der Waals surface area contributed by atoms with Crippen molar-refractivity contribution in [2.24, 2.45) is 0 Å². The Hall–Kier alpha value is -7.22. The molecule has 0 bridgehead atoms. The summed E-state index contributed by atoms with van der Waals surface area (Å²) < 4.78 is 6.52. The summed E-state index contributed by atoms with van der Waals surface area (Å²) in [6.45, 7) is 0. The minimum atomic E-state index is 0.918. The maximum Gasteiger partial charge on any atom is 0.143 e. The summed E-state index contributed by atoms with van der Waals surface area (Å²) in [6, 6.07) is 71.3. The standard InChI is InChI=1S/C55H34O/c1-2-14-34(15-3-1)52-43-20-6-8-22-45(43)54(46-23-9-7-21-44(46)52)39-31-35-16-4-5-18-40(35)50(33-39)47-25-12-17-38-30-36-28-29-37(32-49(36)53(38)47)41-24-13-26-48-42-19-10-11-27-51(42)56-55(41)48/h1-29,31-33H,30H2. The van der Waals surface area contributed by atoms with Gasteiger partial charge in [-0.1, -0.05) is 170 Å². The van der Waals surface area contributed by atoms with Gasteiger partial charge in [0.05, 0.1) is 0 Å². The van der Waals surface area contributed by atoms with E-state index in [-0.39, 0.29) is 0 Å². The van der Waals surface area contributed by atoms with E-state index in [9.17, 15) is 0 Å². The molecule has 0 unspecified atom stereocenters. The van der Waals surface area contributed by atoms with Gasteiger partial charge in [0.1, 0.15) is 11.2 Å². The Balaban J connectivity index is 1.10. The largest absolute Gasteiger partial charge is 0.455 e. The van der Waals surface area contributed by atoms with Crippen LogP contribution in [-0.4, -0.2) is 0 Å². The predicted octanol–water partition coefficient (Wildman–Crippen LogP) is 15.3. The van der Waals surface area contributed by atoms with Crippen molar-refractivity contribution >= 4 is 54.3 Å². The number of hydrogen-bond acceptors (Lipinski definition) is 1. The summed E-state index contributed by atoms with van der Waals surface area (Å²) in [5.74, 6) is 0. The van der Waals surface area contributed by atoms with E-state index < -0.39 is 0 Å². The predicted molar refractivity (Wildman–Crippen MR) is 236 cm³/mol. The molecule has 0 fully saturated rings. The van der Waals surface area contributed by atoms with E-state index in [0.29, 0.717) is 0 Å². The van der Waals surface area contributed by atoms with Crippen molar-refractivity contribution < 1.29 is 4.42 Å². The lowest BCUT2D eigenvalue weighted by Gasteiger charge is -2.20. The maximum absolute atomic E-state index is 6.52. The van der Waals surface area contributed by atoms with Crippen LogP contribution in [0.5, 0.6) is 0 Å². The second kappa shape index (κ2) is 12.1. The second-order valence-electron chi connectivity index (χ2n) is 15.1. The molecule has 1 aliphatic carbocycles. The van der Waals surface area contributed by atoms with E-state index in [1.807, 2.05) is 6.07 Å². The van der Waals surface area contributed by atoms with E-state index in [0.717, 1.165) is 33.9 Å². The third-order valence-electron chi connectivity index (χ3n) is 12.1. The summed E-state index contributed by atoms with van der Waals surface area (Å²) in [7, 11) is 0. The lowest BCUT2D eigenvalue weighted by molar-refractivity contribution is 0.670. The Kier molecular flexibility index (Phi) is 6.76. The number of fused-ring (bicyclic) bond motifs is 9. The molecule has 0 aliphatic heterocycles. The quantitative estimate of drug-likeness (QED) is 0.166. The molecule has 0 saturated carbocycles. The molecule has 12 rings (SSSR count). The molecule has 0 spiro atoms. The fraction of sp³-hybridized carbons (Fsp3) is 0.0182. The molecule has 0 radical (unpaired) electrons. The Morgan fingerprint density at radius 3 is 1.66 bits per heavy atom. The summed E-state index contributed by atoms with van der Waals surface area (Å²) in [5.41, 5.74) is 17.1. The van der Waals surface area contributed by atoms with Gasteiger partial charge in [0, 0.05) is 16.3 Å². The van der Waals surface area contributed by atoms with Crippen LogP contribution in [0.15, 0.2) is 199 Å². The molecule has 10 aromatic carbocycles. The summed E-state index contributed by atoms with van der Waals surface area (Å²) in [6.07, 6.45) is 0.918. The molecule has 0 amide bonds. The van der Waals surface area contributed by atoms with Crippen LogP contribution in [0.4, 0.5) is 0 Å². The fourth-order valence-electron chi connectivity index (χ4n) is 9.63. The number of benzene rings is 10. The average Bonchev–Trinajstić information content (AvgIpc) is 3.84. The van der Waals surface area contributed by atoms with Crippen molar-refractivity contribution in [2.45, 2.75) is 6.42 Å². The molecule has 1 nitrogen and oxygen atoms in total. The van der Waals surface area contributed by atoms with Gasteiger partial charge in [-0.15, -0.1) is 0 Å². The van der Waals surface area contributed by atoms with Crippen LogP contribution < -0.4 is 0 Å². The molecule has 11 aromatic rings. The van der Waals surface area contributed by atoms with Gasteiger partial charge in [0.15, 0.2) is 0 Å². The maximum atomic E-state index is 6.52. The molecule has 260 valence electrons. The highest BCUT2D eigenvalue weighted by molar-refractivity contribution is 6.22. The van der Waals surface area contributed by atoms with Gasteiger partial charge in [-0.2, -0.15) is 0 Å². The fourth-order valence-corrected chi connectivity index (χ4v) is 9.63. The number of para-hydroxylation sites is 2. The molecule has 1 heteroatoms. The molecule has 0 N–H and O–H groups in total. The van der Waals surface area contributed by atoms with Crippen molar-refractivity contribution in [3.8, 4) is 55.6 Å². The first-order valence-electron chi connectivity index (χ1n) is 19.5. The van der Waals surface area contributed by atoms with Crippen LogP contribution in [-0.2, 0) is 6.42 Å². The Morgan fingerprint density at radius 1 is 0.304 bits per heavy atom. The monoisotopic (exact) mass is 710 g/mol. The third kappa shape index (κ3) is 4.61. The smallest absolute Gasteiger partial charge is 0.143 e. The van der Waals surface area contributed by atoms with Gasteiger partial charge in [0.2, 0.25) is 0 Å². The Labute approximate surface area is 324 Å². The van der Waals surface area contributed by atoms with Crippen molar-refractivity contribution in [1.82, 2.24) is 0 Å². The van der Waals surface area contributed by atoms with Crippen molar-refractivity contribution in [2.75, 3.05) is 0 Å². The van der Waals surface area contributed by atoms with Crippen LogP contribution in [0.3, 0.4) is 0 Å². The number of hydrogen-bond donors (Lipinski definition) is 0. The molecule has 1 heterocycles. The lowest BCUT2D eigenvalue weighted by atomic mass is 9.83. The minimum Gasteiger partial charge on any atom is -0.455 e. The van der Waals surface area contributed by atoms with Crippen molar-refractivity contribution in [1.29, 1.82) is 0 Å². The number of rotatable bonds is 4. The van der Waals surface area contributed by atoms with E-state index in [2.05, 4.69) is 188 Å². The minimum absolute atomic E-state index is 0.918. The zero-order valence-electron chi connectivity index (χ0n) is 30.6. The number of furan rings is 1. The van der Waals surface area contributed by atoms with Gasteiger partial charge in [-0.25, -0.2) is 0 Å².